The molecule has 0 aromatic carbocycles. The first kappa shape index (κ1) is 12.9. The molecule has 0 spiro atoms. The molecule has 0 radical (unpaired) electrons. The fraction of sp³-hybridized carbons (Fsp3) is 1.00. The molecule has 2 aliphatic carbocycles. The molecule has 2 unspecified atom stereocenters. The molecule has 104 valence electrons. The van der Waals surface area contributed by atoms with Crippen LogP contribution in [0.15, 0.2) is 0 Å². The van der Waals surface area contributed by atoms with Gasteiger partial charge in [0.05, 0.1) is 6.61 Å². The highest BCUT2D eigenvalue weighted by Gasteiger charge is 2.43. The van der Waals surface area contributed by atoms with Gasteiger partial charge in [0.2, 0.25) is 0 Å². The fourth-order valence-electron chi connectivity index (χ4n) is 3.29. The maximum absolute atomic E-state index is 6.18. The van der Waals surface area contributed by atoms with Crippen LogP contribution < -0.4 is 5.73 Å². The first-order valence-electron chi connectivity index (χ1n) is 7.75. The third-order valence-electron chi connectivity index (χ3n) is 5.30. The van der Waals surface area contributed by atoms with Crippen LogP contribution in [0.4, 0.5) is 0 Å². The summed E-state index contributed by atoms with van der Waals surface area (Å²) in [5.41, 5.74) is 6.35. The van der Waals surface area contributed by atoms with E-state index in [4.69, 9.17) is 10.5 Å². The third-order valence-corrected chi connectivity index (χ3v) is 5.30. The van der Waals surface area contributed by atoms with Crippen molar-refractivity contribution in [3.8, 4) is 0 Å². The predicted molar refractivity (Wildman–Crippen MR) is 73.4 cm³/mol. The summed E-state index contributed by atoms with van der Waals surface area (Å²) < 4.78 is 5.61. The molecule has 2 N–H and O–H groups in total. The number of hydrogen-bond donors (Lipinski definition) is 1. The van der Waals surface area contributed by atoms with Gasteiger partial charge in [-0.05, 0) is 50.9 Å². The smallest absolute Gasteiger partial charge is 0.0513 e. The summed E-state index contributed by atoms with van der Waals surface area (Å²) in [5.74, 6) is 2.55. The van der Waals surface area contributed by atoms with Crippen LogP contribution in [-0.2, 0) is 4.74 Å². The second-order valence-electron chi connectivity index (χ2n) is 6.91. The van der Waals surface area contributed by atoms with Gasteiger partial charge in [0.15, 0.2) is 0 Å². The lowest BCUT2D eigenvalue weighted by molar-refractivity contribution is 0.0373. The predicted octanol–water partition coefficient (Wildman–Crippen LogP) is 1.86. The molecule has 3 rings (SSSR count). The molecule has 1 saturated heterocycles. The Bertz CT molecular complexity index is 268. The van der Waals surface area contributed by atoms with E-state index in [2.05, 4.69) is 11.8 Å². The zero-order chi connectivity index (χ0) is 12.6. The van der Waals surface area contributed by atoms with E-state index in [1.807, 2.05) is 0 Å². The first-order valence-corrected chi connectivity index (χ1v) is 7.75. The quantitative estimate of drug-likeness (QED) is 0.751. The zero-order valence-corrected chi connectivity index (χ0v) is 11.7. The molecule has 0 amide bonds. The molecule has 1 heterocycles. The Morgan fingerprint density at radius 1 is 1.11 bits per heavy atom. The van der Waals surface area contributed by atoms with E-state index < -0.39 is 0 Å². The first-order chi connectivity index (χ1) is 8.72. The SMILES string of the molecule is CC(CN)(C1CCOC1)N(CC1CC1)CC1CC1. The molecule has 3 aliphatic rings. The van der Waals surface area contributed by atoms with Crippen molar-refractivity contribution < 1.29 is 4.74 Å². The van der Waals surface area contributed by atoms with Crippen LogP contribution in [0.5, 0.6) is 0 Å². The van der Waals surface area contributed by atoms with Gasteiger partial charge in [-0.25, -0.2) is 0 Å². The molecular formula is C15H28N2O. The van der Waals surface area contributed by atoms with Crippen LogP contribution in [0.2, 0.25) is 0 Å². The summed E-state index contributed by atoms with van der Waals surface area (Å²) in [6.07, 6.45) is 6.93. The Kier molecular flexibility index (Phi) is 3.65. The van der Waals surface area contributed by atoms with E-state index in [-0.39, 0.29) is 5.54 Å². The number of ether oxygens (including phenoxy) is 1. The monoisotopic (exact) mass is 252 g/mol. The summed E-state index contributed by atoms with van der Waals surface area (Å²) >= 11 is 0. The van der Waals surface area contributed by atoms with Crippen molar-refractivity contribution in [2.45, 2.75) is 44.6 Å². The van der Waals surface area contributed by atoms with Crippen LogP contribution in [0.1, 0.15) is 39.0 Å². The van der Waals surface area contributed by atoms with Gasteiger partial charge in [-0.2, -0.15) is 0 Å². The summed E-state index contributed by atoms with van der Waals surface area (Å²) in [5, 5.41) is 0. The van der Waals surface area contributed by atoms with Crippen molar-refractivity contribution in [3.05, 3.63) is 0 Å². The van der Waals surface area contributed by atoms with Crippen LogP contribution in [-0.4, -0.2) is 43.3 Å². The molecule has 2 saturated carbocycles. The van der Waals surface area contributed by atoms with E-state index >= 15 is 0 Å². The van der Waals surface area contributed by atoms with E-state index in [1.165, 1.54) is 45.2 Å². The van der Waals surface area contributed by atoms with Crippen LogP contribution in [0.3, 0.4) is 0 Å². The molecule has 0 bridgehead atoms. The minimum Gasteiger partial charge on any atom is -0.381 e. The van der Waals surface area contributed by atoms with Gasteiger partial charge in [0.1, 0.15) is 0 Å². The van der Waals surface area contributed by atoms with E-state index in [0.29, 0.717) is 5.92 Å². The van der Waals surface area contributed by atoms with Crippen molar-refractivity contribution in [3.63, 3.8) is 0 Å². The Hall–Kier alpha value is -0.120. The van der Waals surface area contributed by atoms with Crippen LogP contribution in [0.25, 0.3) is 0 Å². The normalized spacial score (nSPS) is 31.8. The second kappa shape index (κ2) is 5.10. The molecule has 18 heavy (non-hydrogen) atoms. The molecular weight excluding hydrogens is 224 g/mol. The number of hydrogen-bond acceptors (Lipinski definition) is 3. The van der Waals surface area contributed by atoms with E-state index in [9.17, 15) is 0 Å². The topological polar surface area (TPSA) is 38.5 Å². The molecule has 3 nitrogen and oxygen atoms in total. The average Bonchev–Trinajstić information content (AvgIpc) is 3.30. The van der Waals surface area contributed by atoms with Crippen molar-refractivity contribution in [1.82, 2.24) is 4.90 Å². The number of nitrogens with zero attached hydrogens (tertiary/aromatic N) is 1. The molecule has 3 heteroatoms. The highest BCUT2D eigenvalue weighted by Crippen LogP contribution is 2.39. The standard InChI is InChI=1S/C15H28N2O/c1-15(11-16,14-6-7-18-10-14)17(8-12-2-3-12)9-13-4-5-13/h12-14H,2-11,16H2,1H3. The number of nitrogens with two attached hydrogens (primary N) is 1. The molecule has 1 aliphatic heterocycles. The van der Waals surface area contributed by atoms with Crippen LogP contribution >= 0.6 is 0 Å². The van der Waals surface area contributed by atoms with Gasteiger partial charge in [-0.15, -0.1) is 0 Å². The molecule has 0 aromatic heterocycles. The highest BCUT2D eigenvalue weighted by molar-refractivity contribution is 4.98. The van der Waals surface area contributed by atoms with Gasteiger partial charge in [0, 0.05) is 37.7 Å². The third kappa shape index (κ3) is 2.73. The maximum atomic E-state index is 6.18. The van der Waals surface area contributed by atoms with Gasteiger partial charge < -0.3 is 10.5 Å². The minimum atomic E-state index is 0.168. The van der Waals surface area contributed by atoms with Crippen molar-refractivity contribution >= 4 is 0 Å². The lowest BCUT2D eigenvalue weighted by atomic mass is 9.82. The lowest BCUT2D eigenvalue weighted by Crippen LogP contribution is -2.58. The van der Waals surface area contributed by atoms with E-state index in [0.717, 1.165) is 31.6 Å². The largest absolute Gasteiger partial charge is 0.381 e. The second-order valence-corrected chi connectivity index (χ2v) is 6.91. The fourth-order valence-corrected chi connectivity index (χ4v) is 3.29. The summed E-state index contributed by atoms with van der Waals surface area (Å²) in [6.45, 7) is 7.57. The van der Waals surface area contributed by atoms with Crippen LogP contribution in [0, 0.1) is 17.8 Å². The average molecular weight is 252 g/mol. The Morgan fingerprint density at radius 3 is 2.11 bits per heavy atom. The molecule has 3 fully saturated rings. The van der Waals surface area contributed by atoms with E-state index in [1.54, 1.807) is 0 Å². The van der Waals surface area contributed by atoms with Gasteiger partial charge in [-0.3, -0.25) is 4.90 Å². The Labute approximate surface area is 111 Å². The van der Waals surface area contributed by atoms with Gasteiger partial charge >= 0.3 is 0 Å². The zero-order valence-electron chi connectivity index (χ0n) is 11.7. The van der Waals surface area contributed by atoms with Crippen molar-refractivity contribution in [1.29, 1.82) is 0 Å². The molecule has 0 aromatic rings. The van der Waals surface area contributed by atoms with Gasteiger partial charge in [-0.1, -0.05) is 0 Å². The lowest BCUT2D eigenvalue weighted by Gasteiger charge is -2.45. The Morgan fingerprint density at radius 2 is 1.72 bits per heavy atom. The molecule has 2 atom stereocenters. The van der Waals surface area contributed by atoms with Crippen molar-refractivity contribution in [2.24, 2.45) is 23.5 Å². The Balaban J connectivity index is 1.69. The maximum Gasteiger partial charge on any atom is 0.0513 e. The van der Waals surface area contributed by atoms with Gasteiger partial charge in [0.25, 0.3) is 0 Å². The summed E-state index contributed by atoms with van der Waals surface area (Å²) in [6, 6.07) is 0. The van der Waals surface area contributed by atoms with Crippen molar-refractivity contribution in [2.75, 3.05) is 32.8 Å². The number of rotatable bonds is 7. The summed E-state index contributed by atoms with van der Waals surface area (Å²) in [4.78, 5) is 2.74. The minimum absolute atomic E-state index is 0.168. The highest BCUT2D eigenvalue weighted by atomic mass is 16.5. The summed E-state index contributed by atoms with van der Waals surface area (Å²) in [7, 11) is 0.